The minimum atomic E-state index is 0.768. The van der Waals surface area contributed by atoms with E-state index in [4.69, 9.17) is 0 Å². The number of benzene rings is 3. The van der Waals surface area contributed by atoms with Gasteiger partial charge in [0.15, 0.2) is 0 Å². The average molecular weight is 449 g/mol. The summed E-state index contributed by atoms with van der Waals surface area (Å²) in [4.78, 5) is 2.58. The van der Waals surface area contributed by atoms with Gasteiger partial charge in [-0.05, 0) is 55.5 Å². The maximum absolute atomic E-state index is 4.62. The first kappa shape index (κ1) is 22.3. The van der Waals surface area contributed by atoms with Gasteiger partial charge in [-0.15, -0.1) is 10.2 Å². The molecule has 0 aliphatic carbocycles. The Kier molecular flexibility index (Phi) is 7.27. The second-order valence-corrected chi connectivity index (χ2v) is 9.14. The van der Waals surface area contributed by atoms with E-state index in [2.05, 4.69) is 93.2 Å². The maximum atomic E-state index is 4.62. The summed E-state index contributed by atoms with van der Waals surface area (Å²) < 4.78 is 0. The van der Waals surface area contributed by atoms with Crippen LogP contribution in [0.5, 0.6) is 0 Å². The molecule has 1 aliphatic rings. The monoisotopic (exact) mass is 448 g/mol. The molecule has 2 heterocycles. The second kappa shape index (κ2) is 11.1. The third-order valence-corrected chi connectivity index (χ3v) is 6.74. The molecule has 1 N–H and O–H groups in total. The number of rotatable bonds is 8. The number of nitrogens with zero attached hydrogens (tertiary/aromatic N) is 3. The van der Waals surface area contributed by atoms with Crippen LogP contribution in [0, 0.1) is 5.92 Å². The first-order chi connectivity index (χ1) is 16.8. The van der Waals surface area contributed by atoms with Crippen LogP contribution in [0.25, 0.3) is 22.4 Å². The maximum Gasteiger partial charge on any atom is 0.149 e. The van der Waals surface area contributed by atoms with Gasteiger partial charge in [0.1, 0.15) is 11.5 Å². The van der Waals surface area contributed by atoms with E-state index in [1.807, 2.05) is 24.3 Å². The largest absolute Gasteiger partial charge is 0.369 e. The topological polar surface area (TPSA) is 41.0 Å². The zero-order chi connectivity index (χ0) is 23.0. The minimum Gasteiger partial charge on any atom is -0.369 e. The van der Waals surface area contributed by atoms with E-state index in [0.717, 1.165) is 47.2 Å². The van der Waals surface area contributed by atoms with Crippen LogP contribution in [0.1, 0.15) is 24.8 Å². The highest BCUT2D eigenvalue weighted by molar-refractivity contribution is 5.81. The Morgan fingerprint density at radius 1 is 0.735 bits per heavy atom. The predicted octanol–water partition coefficient (Wildman–Crippen LogP) is 6.52. The second-order valence-electron chi connectivity index (χ2n) is 9.14. The van der Waals surface area contributed by atoms with Gasteiger partial charge < -0.3 is 5.32 Å². The van der Waals surface area contributed by atoms with Crippen molar-refractivity contribution in [2.24, 2.45) is 5.92 Å². The SMILES string of the molecule is c1ccc(CN2CCC(CCNc3cc(-c4ccccc4)c(-c4ccccc4)nn3)CC2)cc1. The lowest BCUT2D eigenvalue weighted by Crippen LogP contribution is -2.33. The van der Waals surface area contributed by atoms with Gasteiger partial charge in [0, 0.05) is 24.2 Å². The van der Waals surface area contributed by atoms with Crippen LogP contribution in [0.15, 0.2) is 97.1 Å². The molecular weight excluding hydrogens is 416 g/mol. The summed E-state index contributed by atoms with van der Waals surface area (Å²) in [6.07, 6.45) is 3.70. The lowest BCUT2D eigenvalue weighted by atomic mass is 9.93. The Hall–Kier alpha value is -3.50. The molecule has 0 bridgehead atoms. The number of aromatic nitrogens is 2. The Labute approximate surface area is 202 Å². The summed E-state index contributed by atoms with van der Waals surface area (Å²) in [6, 6.07) is 33.7. The fourth-order valence-electron chi connectivity index (χ4n) is 4.80. The van der Waals surface area contributed by atoms with Crippen molar-refractivity contribution in [1.82, 2.24) is 15.1 Å². The molecule has 3 aromatic carbocycles. The fourth-order valence-corrected chi connectivity index (χ4v) is 4.80. The summed E-state index contributed by atoms with van der Waals surface area (Å²) in [5, 5.41) is 12.7. The molecule has 1 aliphatic heterocycles. The number of nitrogens with one attached hydrogen (secondary N) is 1. The summed E-state index contributed by atoms with van der Waals surface area (Å²) >= 11 is 0. The lowest BCUT2D eigenvalue weighted by molar-refractivity contribution is 0.174. The van der Waals surface area contributed by atoms with E-state index in [1.54, 1.807) is 0 Å². The van der Waals surface area contributed by atoms with Crippen molar-refractivity contribution in [3.8, 4) is 22.4 Å². The molecule has 0 radical (unpaired) electrons. The molecule has 4 heteroatoms. The third-order valence-electron chi connectivity index (χ3n) is 6.74. The molecule has 0 saturated carbocycles. The molecule has 172 valence electrons. The van der Waals surface area contributed by atoms with Crippen molar-refractivity contribution >= 4 is 5.82 Å². The third kappa shape index (κ3) is 5.70. The minimum absolute atomic E-state index is 0.768. The molecule has 0 unspecified atom stereocenters. The number of hydrogen-bond donors (Lipinski definition) is 1. The number of likely N-dealkylation sites (tertiary alicyclic amines) is 1. The van der Waals surface area contributed by atoms with Crippen molar-refractivity contribution in [2.75, 3.05) is 25.0 Å². The van der Waals surface area contributed by atoms with Gasteiger partial charge in [-0.1, -0.05) is 91.0 Å². The standard InChI is InChI=1S/C30H32N4/c1-4-10-25(11-5-1)23-34-20-17-24(18-21-34)16-19-31-29-22-28(26-12-6-2-7-13-26)30(33-32-29)27-14-8-3-9-15-27/h1-15,22,24H,16-21,23H2,(H,31,32). The van der Waals surface area contributed by atoms with Gasteiger partial charge in [0.2, 0.25) is 0 Å². The van der Waals surface area contributed by atoms with Crippen molar-refractivity contribution in [1.29, 1.82) is 0 Å². The normalized spacial score (nSPS) is 14.7. The molecule has 5 rings (SSSR count). The van der Waals surface area contributed by atoms with Gasteiger partial charge in [-0.25, -0.2) is 0 Å². The summed E-state index contributed by atoms with van der Waals surface area (Å²) in [5.74, 6) is 1.62. The molecule has 0 amide bonds. The van der Waals surface area contributed by atoms with E-state index >= 15 is 0 Å². The summed E-state index contributed by atoms with van der Waals surface area (Å²) in [5.41, 5.74) is 5.68. The molecule has 1 saturated heterocycles. The number of piperidine rings is 1. The Morgan fingerprint density at radius 3 is 2.03 bits per heavy atom. The van der Waals surface area contributed by atoms with Gasteiger partial charge in [-0.2, -0.15) is 0 Å². The van der Waals surface area contributed by atoms with Crippen LogP contribution in [0.3, 0.4) is 0 Å². The summed E-state index contributed by atoms with van der Waals surface area (Å²) in [6.45, 7) is 4.36. The van der Waals surface area contributed by atoms with E-state index < -0.39 is 0 Å². The van der Waals surface area contributed by atoms with Crippen molar-refractivity contribution < 1.29 is 0 Å². The summed E-state index contributed by atoms with van der Waals surface area (Å²) in [7, 11) is 0. The zero-order valence-electron chi connectivity index (χ0n) is 19.6. The fraction of sp³-hybridized carbons (Fsp3) is 0.267. The quantitative estimate of drug-likeness (QED) is 0.333. The molecule has 4 nitrogen and oxygen atoms in total. The molecule has 0 spiro atoms. The molecule has 34 heavy (non-hydrogen) atoms. The van der Waals surface area contributed by atoms with Crippen LogP contribution in [0.2, 0.25) is 0 Å². The molecular formula is C30H32N4. The Balaban J connectivity index is 1.18. The first-order valence-corrected chi connectivity index (χ1v) is 12.3. The van der Waals surface area contributed by atoms with Crippen molar-refractivity contribution in [2.45, 2.75) is 25.8 Å². The first-order valence-electron chi connectivity index (χ1n) is 12.3. The van der Waals surface area contributed by atoms with Gasteiger partial charge in [-0.3, -0.25) is 4.90 Å². The number of hydrogen-bond acceptors (Lipinski definition) is 4. The predicted molar refractivity (Wildman–Crippen MR) is 140 cm³/mol. The Morgan fingerprint density at radius 2 is 1.35 bits per heavy atom. The van der Waals surface area contributed by atoms with Crippen LogP contribution in [-0.2, 0) is 6.54 Å². The van der Waals surface area contributed by atoms with Crippen LogP contribution in [0.4, 0.5) is 5.82 Å². The number of anilines is 1. The van der Waals surface area contributed by atoms with E-state index in [-0.39, 0.29) is 0 Å². The highest BCUT2D eigenvalue weighted by atomic mass is 15.2. The molecule has 4 aromatic rings. The van der Waals surface area contributed by atoms with Gasteiger partial charge >= 0.3 is 0 Å². The lowest BCUT2D eigenvalue weighted by Gasteiger charge is -2.32. The van der Waals surface area contributed by atoms with Crippen LogP contribution in [-0.4, -0.2) is 34.7 Å². The highest BCUT2D eigenvalue weighted by Gasteiger charge is 2.19. The van der Waals surface area contributed by atoms with E-state index in [1.165, 1.54) is 37.9 Å². The van der Waals surface area contributed by atoms with E-state index in [9.17, 15) is 0 Å². The molecule has 1 aromatic heterocycles. The van der Waals surface area contributed by atoms with Crippen molar-refractivity contribution in [3.05, 3.63) is 103 Å². The van der Waals surface area contributed by atoms with E-state index in [0.29, 0.717) is 0 Å². The average Bonchev–Trinajstić information content (AvgIpc) is 2.91. The zero-order valence-corrected chi connectivity index (χ0v) is 19.6. The smallest absolute Gasteiger partial charge is 0.149 e. The highest BCUT2D eigenvalue weighted by Crippen LogP contribution is 2.31. The van der Waals surface area contributed by atoms with Gasteiger partial charge in [0.05, 0.1) is 0 Å². The van der Waals surface area contributed by atoms with Crippen LogP contribution < -0.4 is 5.32 Å². The van der Waals surface area contributed by atoms with Gasteiger partial charge in [0.25, 0.3) is 0 Å². The molecule has 1 fully saturated rings. The Bertz CT molecular complexity index is 1150. The van der Waals surface area contributed by atoms with Crippen molar-refractivity contribution in [3.63, 3.8) is 0 Å². The molecule has 0 atom stereocenters. The van der Waals surface area contributed by atoms with Crippen LogP contribution >= 0.6 is 0 Å².